The minimum atomic E-state index is 0.792. The molecule has 2 rings (SSSR count). The largest absolute Gasteiger partial charge is 0.144 e. The summed E-state index contributed by atoms with van der Waals surface area (Å²) in [6, 6.07) is 10.2. The molecule has 0 aliphatic heterocycles. The molecule has 0 aliphatic carbocycles. The van der Waals surface area contributed by atoms with Crippen LogP contribution >= 0.6 is 38.9 Å². The standard InChI is InChI=1S/C11H8BrClS/c12-7-9-8(3-1-4-10(9)13)11-5-2-6-14-11/h1-6H,7H2. The molecule has 14 heavy (non-hydrogen) atoms. The second-order valence-electron chi connectivity index (χ2n) is 2.88. The highest BCUT2D eigenvalue weighted by Gasteiger charge is 2.07. The minimum absolute atomic E-state index is 0.792. The van der Waals surface area contributed by atoms with Crippen LogP contribution in [0.25, 0.3) is 10.4 Å². The zero-order chi connectivity index (χ0) is 9.97. The first-order chi connectivity index (χ1) is 6.83. The van der Waals surface area contributed by atoms with Crippen LogP contribution in [0.5, 0.6) is 0 Å². The third-order valence-electron chi connectivity index (χ3n) is 2.04. The van der Waals surface area contributed by atoms with E-state index in [0.29, 0.717) is 0 Å². The van der Waals surface area contributed by atoms with Gasteiger partial charge in [-0.1, -0.05) is 45.7 Å². The van der Waals surface area contributed by atoms with Gasteiger partial charge in [0.15, 0.2) is 0 Å². The molecule has 0 N–H and O–H groups in total. The Hall–Kier alpha value is -0.310. The van der Waals surface area contributed by atoms with E-state index in [0.717, 1.165) is 15.9 Å². The van der Waals surface area contributed by atoms with Gasteiger partial charge in [-0.25, -0.2) is 0 Å². The van der Waals surface area contributed by atoms with E-state index in [9.17, 15) is 0 Å². The van der Waals surface area contributed by atoms with E-state index in [2.05, 4.69) is 39.5 Å². The maximum Gasteiger partial charge on any atom is 0.0452 e. The first kappa shape index (κ1) is 10.2. The summed E-state index contributed by atoms with van der Waals surface area (Å²) in [6.45, 7) is 0. The van der Waals surface area contributed by atoms with Crippen LogP contribution in [0.2, 0.25) is 5.02 Å². The fourth-order valence-corrected chi connectivity index (χ4v) is 3.14. The summed E-state index contributed by atoms with van der Waals surface area (Å²) in [4.78, 5) is 1.27. The molecule has 72 valence electrons. The summed E-state index contributed by atoms with van der Waals surface area (Å²) < 4.78 is 0. The van der Waals surface area contributed by atoms with Crippen molar-refractivity contribution in [2.24, 2.45) is 0 Å². The van der Waals surface area contributed by atoms with Gasteiger partial charge < -0.3 is 0 Å². The van der Waals surface area contributed by atoms with Crippen LogP contribution in [0.1, 0.15) is 5.56 Å². The molecule has 0 bridgehead atoms. The van der Waals surface area contributed by atoms with Gasteiger partial charge in [0.25, 0.3) is 0 Å². The van der Waals surface area contributed by atoms with E-state index in [1.807, 2.05) is 12.1 Å². The predicted molar refractivity (Wildman–Crippen MR) is 67.4 cm³/mol. The SMILES string of the molecule is Clc1cccc(-c2cccs2)c1CBr. The second kappa shape index (κ2) is 4.47. The van der Waals surface area contributed by atoms with E-state index < -0.39 is 0 Å². The van der Waals surface area contributed by atoms with Crippen LogP contribution in [0.3, 0.4) is 0 Å². The number of hydrogen-bond donors (Lipinski definition) is 0. The predicted octanol–water partition coefficient (Wildman–Crippen LogP) is 4.96. The van der Waals surface area contributed by atoms with Gasteiger partial charge in [-0.15, -0.1) is 11.3 Å². The lowest BCUT2D eigenvalue weighted by atomic mass is 10.1. The average molecular weight is 288 g/mol. The van der Waals surface area contributed by atoms with Gasteiger partial charge in [0, 0.05) is 15.2 Å². The Bertz CT molecular complexity index is 423. The van der Waals surface area contributed by atoms with Gasteiger partial charge in [0.2, 0.25) is 0 Å². The zero-order valence-corrected chi connectivity index (χ0v) is 10.5. The molecule has 2 aromatic rings. The maximum absolute atomic E-state index is 6.12. The summed E-state index contributed by atoms with van der Waals surface area (Å²) >= 11 is 11.3. The first-order valence-electron chi connectivity index (χ1n) is 4.20. The fourth-order valence-electron chi connectivity index (χ4n) is 1.36. The molecule has 0 unspecified atom stereocenters. The van der Waals surface area contributed by atoms with Crippen LogP contribution in [0.15, 0.2) is 35.7 Å². The first-order valence-corrected chi connectivity index (χ1v) is 6.58. The number of benzene rings is 1. The second-order valence-corrected chi connectivity index (χ2v) is 4.79. The average Bonchev–Trinajstić information content (AvgIpc) is 2.70. The van der Waals surface area contributed by atoms with E-state index in [1.54, 1.807) is 11.3 Å². The summed E-state index contributed by atoms with van der Waals surface area (Å²) in [6.07, 6.45) is 0. The van der Waals surface area contributed by atoms with Crippen molar-refractivity contribution in [3.8, 4) is 10.4 Å². The lowest BCUT2D eigenvalue weighted by Gasteiger charge is -2.06. The van der Waals surface area contributed by atoms with Gasteiger partial charge in [0.05, 0.1) is 0 Å². The Morgan fingerprint density at radius 2 is 2.07 bits per heavy atom. The highest BCUT2D eigenvalue weighted by Crippen LogP contribution is 2.33. The van der Waals surface area contributed by atoms with Gasteiger partial charge in [0.1, 0.15) is 0 Å². The lowest BCUT2D eigenvalue weighted by Crippen LogP contribution is -1.84. The number of hydrogen-bond acceptors (Lipinski definition) is 1. The molecule has 0 fully saturated rings. The molecule has 0 saturated heterocycles. The molecule has 0 amide bonds. The Balaban J connectivity index is 2.58. The molecule has 0 aliphatic rings. The summed E-state index contributed by atoms with van der Waals surface area (Å²) in [5.41, 5.74) is 2.39. The highest BCUT2D eigenvalue weighted by molar-refractivity contribution is 9.08. The molecule has 3 heteroatoms. The van der Waals surface area contributed by atoms with Crippen molar-refractivity contribution in [3.63, 3.8) is 0 Å². The normalized spacial score (nSPS) is 10.4. The van der Waals surface area contributed by atoms with Crippen molar-refractivity contribution in [1.29, 1.82) is 0 Å². The maximum atomic E-state index is 6.12. The quantitative estimate of drug-likeness (QED) is 0.685. The van der Waals surface area contributed by atoms with E-state index in [4.69, 9.17) is 11.6 Å². The van der Waals surface area contributed by atoms with Crippen LogP contribution < -0.4 is 0 Å². The van der Waals surface area contributed by atoms with Crippen LogP contribution in [0, 0.1) is 0 Å². The van der Waals surface area contributed by atoms with E-state index >= 15 is 0 Å². The third kappa shape index (κ3) is 1.88. The van der Waals surface area contributed by atoms with Crippen molar-refractivity contribution >= 4 is 38.9 Å². The summed E-state index contributed by atoms with van der Waals surface area (Å²) in [5, 5.41) is 3.70. The van der Waals surface area contributed by atoms with E-state index in [-0.39, 0.29) is 0 Å². The monoisotopic (exact) mass is 286 g/mol. The van der Waals surface area contributed by atoms with E-state index in [1.165, 1.54) is 10.4 Å². The van der Waals surface area contributed by atoms with Gasteiger partial charge >= 0.3 is 0 Å². The Morgan fingerprint density at radius 3 is 2.71 bits per heavy atom. The number of alkyl halides is 1. The number of thiophene rings is 1. The summed E-state index contributed by atoms with van der Waals surface area (Å²) in [7, 11) is 0. The molecular formula is C11H8BrClS. The van der Waals surface area contributed by atoms with Crippen molar-refractivity contribution < 1.29 is 0 Å². The highest BCUT2D eigenvalue weighted by atomic mass is 79.9. The molecule has 1 aromatic carbocycles. The molecule has 1 heterocycles. The zero-order valence-electron chi connectivity index (χ0n) is 7.34. The third-order valence-corrected chi connectivity index (χ3v) is 3.86. The Labute approximate surface area is 101 Å². The minimum Gasteiger partial charge on any atom is -0.144 e. The fraction of sp³-hybridized carbons (Fsp3) is 0.0909. The summed E-state index contributed by atoms with van der Waals surface area (Å²) in [5.74, 6) is 0. The molecule has 0 nitrogen and oxygen atoms in total. The van der Waals surface area contributed by atoms with Crippen LogP contribution in [0.4, 0.5) is 0 Å². The Kier molecular flexibility index (Phi) is 3.26. The number of rotatable bonds is 2. The molecule has 0 radical (unpaired) electrons. The van der Waals surface area contributed by atoms with Gasteiger partial charge in [-0.05, 0) is 28.6 Å². The van der Waals surface area contributed by atoms with Crippen molar-refractivity contribution in [3.05, 3.63) is 46.3 Å². The topological polar surface area (TPSA) is 0 Å². The molecule has 0 spiro atoms. The van der Waals surface area contributed by atoms with Crippen molar-refractivity contribution in [2.45, 2.75) is 5.33 Å². The molecule has 1 aromatic heterocycles. The van der Waals surface area contributed by atoms with Crippen LogP contribution in [-0.4, -0.2) is 0 Å². The lowest BCUT2D eigenvalue weighted by molar-refractivity contribution is 1.44. The molecular weight excluding hydrogens is 280 g/mol. The Morgan fingerprint density at radius 1 is 1.21 bits per heavy atom. The van der Waals surface area contributed by atoms with Gasteiger partial charge in [-0.2, -0.15) is 0 Å². The van der Waals surface area contributed by atoms with Crippen LogP contribution in [-0.2, 0) is 5.33 Å². The van der Waals surface area contributed by atoms with Crippen molar-refractivity contribution in [1.82, 2.24) is 0 Å². The smallest absolute Gasteiger partial charge is 0.0452 e. The van der Waals surface area contributed by atoms with Gasteiger partial charge in [-0.3, -0.25) is 0 Å². The molecule has 0 saturated carbocycles. The molecule has 0 atom stereocenters. The van der Waals surface area contributed by atoms with Crippen molar-refractivity contribution in [2.75, 3.05) is 0 Å². The number of halogens is 2.